The second-order valence-electron chi connectivity index (χ2n) is 25.8. The molecule has 0 saturated carbocycles. The summed E-state index contributed by atoms with van der Waals surface area (Å²) in [4.78, 5) is 173. The van der Waals surface area contributed by atoms with Gasteiger partial charge in [-0.15, -0.1) is 0 Å². The summed E-state index contributed by atoms with van der Waals surface area (Å²) in [7, 11) is 10.2. The molecule has 10 atom stereocenters. The summed E-state index contributed by atoms with van der Waals surface area (Å²) in [6, 6.07) is -8.86. The van der Waals surface area contributed by atoms with E-state index in [-0.39, 0.29) is 73.5 Å². The van der Waals surface area contributed by atoms with E-state index in [0.29, 0.717) is 12.8 Å². The highest BCUT2D eigenvalue weighted by molar-refractivity contribution is 5.98. The minimum atomic E-state index is -1.31. The lowest BCUT2D eigenvalue weighted by atomic mass is 9.92. The van der Waals surface area contributed by atoms with Gasteiger partial charge in [-0.1, -0.05) is 109 Å². The molecule has 0 fully saturated rings. The van der Waals surface area contributed by atoms with Crippen LogP contribution in [0.1, 0.15) is 163 Å². The number of amides is 11. The van der Waals surface area contributed by atoms with Gasteiger partial charge in [0.15, 0.2) is 0 Å². The molecule has 24 heteroatoms. The van der Waals surface area contributed by atoms with E-state index >= 15 is 0 Å². The first-order valence-electron chi connectivity index (χ1n) is 31.0. The molecule has 0 aromatic carbocycles. The maximum atomic E-state index is 14.6. The van der Waals surface area contributed by atoms with Gasteiger partial charge in [0.25, 0.3) is 0 Å². The predicted octanol–water partition coefficient (Wildman–Crippen LogP) is 3.75. The van der Waals surface area contributed by atoms with Gasteiger partial charge in [-0.3, -0.25) is 57.5 Å². The summed E-state index contributed by atoms with van der Waals surface area (Å²) in [6.45, 7) is 29.2. The number of hydrogen-bond acceptors (Lipinski definition) is 13. The van der Waals surface area contributed by atoms with Crippen molar-refractivity contribution in [1.29, 1.82) is 0 Å². The zero-order valence-corrected chi connectivity index (χ0v) is 57.2. The number of carbonyl (C=O) groups excluding carboxylic acids is 12. The van der Waals surface area contributed by atoms with E-state index in [1.165, 1.54) is 87.7 Å². The molecule has 11 amide bonds. The van der Waals surface area contributed by atoms with Crippen LogP contribution in [0.2, 0.25) is 0 Å². The highest BCUT2D eigenvalue weighted by Gasteiger charge is 2.43. The van der Waals surface area contributed by atoms with Crippen LogP contribution in [0, 0.1) is 41.4 Å². The van der Waals surface area contributed by atoms with Crippen molar-refractivity contribution < 1.29 is 62.3 Å². The summed E-state index contributed by atoms with van der Waals surface area (Å²) < 4.78 is 5.73. The summed E-state index contributed by atoms with van der Waals surface area (Å²) in [6.07, 6.45) is 4.20. The number of nitrogens with one attached hydrogen (secondary N) is 5. The van der Waals surface area contributed by atoms with Crippen molar-refractivity contribution in [2.45, 2.75) is 217 Å². The Balaban J connectivity index is 6.56. The molecule has 0 heterocycles. The molecule has 498 valence electrons. The molecule has 0 saturated heterocycles. The van der Waals surface area contributed by atoms with E-state index < -0.39 is 138 Å². The van der Waals surface area contributed by atoms with Crippen LogP contribution in [-0.2, 0) is 62.3 Å². The molecule has 24 nitrogen and oxygen atoms in total. The molecule has 1 unspecified atom stereocenters. The normalized spacial score (nSPS) is 15.1. The molecule has 0 rings (SSSR count). The standard InChI is InChI=1S/C63H113N11O13/c1-25-27-28-42(15)55(87-44(17)75)54(74(24)50(76)33-40(11)12)60(83)67-45(26-2)61(84)69(19)35-52(78)70(20)47(30-37(5)6)59(82)68-53(41(13)14)63(86)73(23)48(31-38(7)8)58(81)66-43(16)56(79)65-34-51(77)71(21)49(32-39(9)10)62(85)72(22)46(29-36(3)4)57(80)64-18/h25,27,36-43,45-49,53-55H,26,28-35H2,1-24H3,(H,64,80)(H,65,79)(H,66,81)(H,67,83)(H,68,82)/b27-25+/t42-,43-,45+,46+,47+,48+,49+,53+,54?,55-/m1/s1. The number of allylic oxidation sites excluding steroid dienone is 2. The monoisotopic (exact) mass is 1230 g/mol. The third-order valence-corrected chi connectivity index (χ3v) is 15.3. The molecule has 0 aliphatic rings. The highest BCUT2D eigenvalue weighted by Crippen LogP contribution is 2.24. The maximum absolute atomic E-state index is 14.6. The van der Waals surface area contributed by atoms with Crippen LogP contribution < -0.4 is 26.6 Å². The largest absolute Gasteiger partial charge is 0.459 e. The average molecular weight is 1230 g/mol. The molecule has 0 aromatic heterocycles. The molecule has 0 aliphatic heterocycles. The van der Waals surface area contributed by atoms with Gasteiger partial charge in [-0.05, 0) is 93.8 Å². The fourth-order valence-electron chi connectivity index (χ4n) is 10.0. The molecule has 0 radical (unpaired) electrons. The molecule has 0 aromatic rings. The van der Waals surface area contributed by atoms with Crippen molar-refractivity contribution in [3.05, 3.63) is 12.2 Å². The Kier molecular flexibility index (Phi) is 35.7. The van der Waals surface area contributed by atoms with Crippen LogP contribution in [0.4, 0.5) is 0 Å². The Bertz CT molecular complexity index is 2340. The van der Waals surface area contributed by atoms with Crippen LogP contribution in [0.25, 0.3) is 0 Å². The lowest BCUT2D eigenvalue weighted by Gasteiger charge is -2.37. The van der Waals surface area contributed by atoms with Crippen molar-refractivity contribution in [2.75, 3.05) is 62.4 Å². The van der Waals surface area contributed by atoms with Gasteiger partial charge in [0, 0.05) is 62.7 Å². The van der Waals surface area contributed by atoms with Gasteiger partial charge >= 0.3 is 5.97 Å². The van der Waals surface area contributed by atoms with Crippen LogP contribution in [0.15, 0.2) is 12.2 Å². The molecular weight excluding hydrogens is 1120 g/mol. The highest BCUT2D eigenvalue weighted by atomic mass is 16.5. The number of rotatable bonds is 37. The summed E-state index contributed by atoms with van der Waals surface area (Å²) in [5.74, 6) is -8.23. The minimum Gasteiger partial charge on any atom is -0.459 e. The molecule has 87 heavy (non-hydrogen) atoms. The first-order chi connectivity index (χ1) is 40.2. The number of likely N-dealkylation sites (N-methyl/N-ethyl adjacent to an activating group) is 7. The number of nitrogens with zero attached hydrogens (tertiary/aromatic N) is 6. The van der Waals surface area contributed by atoms with E-state index in [2.05, 4.69) is 26.6 Å². The Hall–Kier alpha value is -6.62. The van der Waals surface area contributed by atoms with E-state index in [0.717, 1.165) is 4.90 Å². The second kappa shape index (κ2) is 38.6. The zero-order chi connectivity index (χ0) is 67.7. The third-order valence-electron chi connectivity index (χ3n) is 15.3. The van der Waals surface area contributed by atoms with Gasteiger partial charge in [-0.25, -0.2) is 0 Å². The van der Waals surface area contributed by atoms with Gasteiger partial charge < -0.3 is 60.7 Å². The van der Waals surface area contributed by atoms with Crippen molar-refractivity contribution in [1.82, 2.24) is 56.0 Å². The maximum Gasteiger partial charge on any atom is 0.303 e. The molecule has 5 N–H and O–H groups in total. The molecule has 0 spiro atoms. The van der Waals surface area contributed by atoms with Crippen molar-refractivity contribution >= 4 is 70.9 Å². The Morgan fingerprint density at radius 2 is 0.954 bits per heavy atom. The van der Waals surface area contributed by atoms with Crippen LogP contribution in [-0.4, -0.2) is 217 Å². The Morgan fingerprint density at radius 3 is 1.40 bits per heavy atom. The fraction of sp³-hybridized carbons (Fsp3) is 0.778. The van der Waals surface area contributed by atoms with E-state index in [9.17, 15) is 57.5 Å². The SMILES string of the molecule is C/C=C/C[C@@H](C)[C@@H](OC(C)=O)C(C(=O)N[C@@H](CC)C(=O)N(C)CC(=O)N(C)[C@@H](CC(C)C)C(=O)N[C@H](C(=O)N(C)[C@@H](CC(C)C)C(=O)N[C@H](C)C(=O)NCC(=O)N(C)[C@@H](CC(C)C)C(=O)N(C)[C@@H](CC(C)C)C(=O)NC)C(C)C)N(C)C(=O)CC(C)C. The number of hydrogen-bond donors (Lipinski definition) is 5. The second-order valence-corrected chi connectivity index (χ2v) is 25.8. The number of carbonyl (C=O) groups is 12. The van der Waals surface area contributed by atoms with Crippen molar-refractivity contribution in [3.63, 3.8) is 0 Å². The van der Waals surface area contributed by atoms with E-state index in [1.807, 2.05) is 88.3 Å². The van der Waals surface area contributed by atoms with E-state index in [4.69, 9.17) is 4.74 Å². The number of ether oxygens (including phenoxy) is 1. The quantitative estimate of drug-likeness (QED) is 0.0438. The smallest absolute Gasteiger partial charge is 0.303 e. The Morgan fingerprint density at radius 1 is 0.494 bits per heavy atom. The van der Waals surface area contributed by atoms with Crippen molar-refractivity contribution in [3.8, 4) is 0 Å². The molecule has 0 bridgehead atoms. The fourth-order valence-corrected chi connectivity index (χ4v) is 10.0. The van der Waals surface area contributed by atoms with Gasteiger partial charge in [0.05, 0.1) is 13.1 Å². The summed E-state index contributed by atoms with van der Waals surface area (Å²) >= 11 is 0. The van der Waals surface area contributed by atoms with Gasteiger partial charge in [0.1, 0.15) is 54.4 Å². The molecular formula is C63H113N11O13. The predicted molar refractivity (Wildman–Crippen MR) is 336 cm³/mol. The first kappa shape index (κ1) is 80.4. The minimum absolute atomic E-state index is 0.0159. The van der Waals surface area contributed by atoms with Crippen molar-refractivity contribution in [2.24, 2.45) is 41.4 Å². The summed E-state index contributed by atoms with van der Waals surface area (Å²) in [5.41, 5.74) is 0. The average Bonchev–Trinajstić information content (AvgIpc) is 1.94. The van der Waals surface area contributed by atoms with Crippen LogP contribution >= 0.6 is 0 Å². The molecule has 0 aliphatic carbocycles. The van der Waals surface area contributed by atoms with Crippen LogP contribution in [0.5, 0.6) is 0 Å². The topological polar surface area (TPSA) is 294 Å². The number of esters is 1. The third kappa shape index (κ3) is 26.3. The Labute approximate surface area is 520 Å². The van der Waals surface area contributed by atoms with E-state index in [1.54, 1.807) is 27.7 Å². The van der Waals surface area contributed by atoms with Gasteiger partial charge in [-0.2, -0.15) is 0 Å². The summed E-state index contributed by atoms with van der Waals surface area (Å²) in [5, 5.41) is 13.5. The lowest BCUT2D eigenvalue weighted by molar-refractivity contribution is -0.161. The first-order valence-corrected chi connectivity index (χ1v) is 31.0. The lowest BCUT2D eigenvalue weighted by Crippen LogP contribution is -2.61. The van der Waals surface area contributed by atoms with Gasteiger partial charge in [0.2, 0.25) is 65.0 Å². The zero-order valence-electron chi connectivity index (χ0n) is 57.2. The van der Waals surface area contributed by atoms with Crippen LogP contribution in [0.3, 0.4) is 0 Å².